The van der Waals surface area contributed by atoms with E-state index >= 15 is 0 Å². The Morgan fingerprint density at radius 2 is 1.64 bits per heavy atom. The van der Waals surface area contributed by atoms with E-state index in [0.717, 1.165) is 24.8 Å². The van der Waals surface area contributed by atoms with Gasteiger partial charge >= 0.3 is 115 Å². The molecule has 4 saturated carbocycles. The van der Waals surface area contributed by atoms with Crippen molar-refractivity contribution < 1.29 is 176 Å². The molecule has 13 atom stereocenters. The summed E-state index contributed by atoms with van der Waals surface area (Å²) in [5.74, 6) is -3.38. The van der Waals surface area contributed by atoms with E-state index < -0.39 is 99.0 Å². The second-order valence-corrected chi connectivity index (χ2v) is 16.8. The molecule has 1 aliphatic heterocycles. The summed E-state index contributed by atoms with van der Waals surface area (Å²) in [4.78, 5) is 25.6. The number of rotatable bonds is 11. The number of aliphatic carboxylic acids is 1. The van der Waals surface area contributed by atoms with Gasteiger partial charge < -0.3 is 38.6 Å². The van der Waals surface area contributed by atoms with E-state index in [4.69, 9.17) is 14.2 Å². The van der Waals surface area contributed by atoms with Gasteiger partial charge in [0.2, 0.25) is 20.8 Å². The molecule has 1 spiro atoms. The van der Waals surface area contributed by atoms with Crippen molar-refractivity contribution in [3.05, 3.63) is 12.2 Å². The van der Waals surface area contributed by atoms with Gasteiger partial charge in [-0.2, -0.15) is 0 Å². The van der Waals surface area contributed by atoms with Crippen LogP contribution in [0.3, 0.4) is 0 Å². The molecule has 1 heterocycles. The van der Waals surface area contributed by atoms with Gasteiger partial charge in [0, 0.05) is 11.8 Å². The molecule has 5 rings (SSSR count). The van der Waals surface area contributed by atoms with Gasteiger partial charge in [0.05, 0.1) is 24.7 Å². The van der Waals surface area contributed by atoms with Crippen LogP contribution >= 0.6 is 0 Å². The van der Waals surface area contributed by atoms with Crippen LogP contribution in [0.4, 0.5) is 0 Å². The molecule has 2 bridgehead atoms. The summed E-state index contributed by atoms with van der Waals surface area (Å²) in [5, 5.41) is 31.9. The standard InChI is InChI=1S/C30H46O16S2.2K/c1-14(2)9-22(32)44-25-24(46-48(39,40)41)23(45-47(36,37)38)20(13-31)43-28(25)42-17-10-18(27(34)35)19-7-8-30-11-16(15(3)26(30)33)5-6-21(30)29(19,4)12-17;;/h14,16-21,23-26,28,31,33H,3,5-13H2,1-2,4H3,(H,34,35)(H,36,37,38)(H,39,40,41);;/q;2*+1/p-2/t16-,17+,18+,19+,20+,21?,23+,24-,25+,26-,28-,29+,30+;;/m0../s1. The number of carboxylic acid groups (broad SMARTS) is 1. The fourth-order valence-electron chi connectivity index (χ4n) is 9.81. The van der Waals surface area contributed by atoms with Crippen molar-refractivity contribution in [3.8, 4) is 0 Å². The van der Waals surface area contributed by atoms with E-state index in [0.29, 0.717) is 12.8 Å². The molecule has 0 radical (unpaired) electrons. The molecule has 3 N–H and O–H groups in total. The van der Waals surface area contributed by atoms with E-state index in [-0.39, 0.29) is 146 Å². The number of ether oxygens (including phenoxy) is 3. The number of hydrogen-bond acceptors (Lipinski definition) is 15. The number of carbonyl (C=O) groups is 2. The molecule has 16 nitrogen and oxygen atoms in total. The third-order valence-electron chi connectivity index (χ3n) is 11.5. The van der Waals surface area contributed by atoms with Gasteiger partial charge in [-0.25, -0.2) is 16.8 Å². The van der Waals surface area contributed by atoms with Gasteiger partial charge in [-0.15, -0.1) is 0 Å². The van der Waals surface area contributed by atoms with E-state index in [9.17, 15) is 50.8 Å². The summed E-state index contributed by atoms with van der Waals surface area (Å²) in [6, 6.07) is 0. The summed E-state index contributed by atoms with van der Waals surface area (Å²) < 4.78 is 96.9. The zero-order valence-electron chi connectivity index (χ0n) is 29.0. The number of carboxylic acids is 1. The molecule has 1 saturated heterocycles. The minimum atomic E-state index is -5.69. The molecule has 0 aromatic rings. The maximum atomic E-state index is 12.9. The molecule has 0 amide bonds. The summed E-state index contributed by atoms with van der Waals surface area (Å²) in [6.07, 6.45) is -8.49. The van der Waals surface area contributed by atoms with Crippen molar-refractivity contribution in [1.82, 2.24) is 0 Å². The van der Waals surface area contributed by atoms with E-state index in [1.165, 1.54) is 0 Å². The number of carbonyl (C=O) groups excluding carboxylic acids is 1. The molecule has 4 aliphatic carbocycles. The predicted octanol–water partition coefficient (Wildman–Crippen LogP) is -5.01. The van der Waals surface area contributed by atoms with Crippen molar-refractivity contribution in [1.29, 1.82) is 0 Å². The molecule has 0 aromatic heterocycles. The Bertz CT molecular complexity index is 1490. The van der Waals surface area contributed by atoms with Crippen molar-refractivity contribution in [2.75, 3.05) is 6.61 Å². The Kier molecular flexibility index (Phi) is 15.9. The topological polar surface area (TPSA) is 255 Å². The number of fused-ring (bicyclic) bond motifs is 3. The van der Waals surface area contributed by atoms with Crippen LogP contribution < -0.4 is 103 Å². The number of hydrogen-bond donors (Lipinski definition) is 3. The second kappa shape index (κ2) is 17.4. The normalized spacial score (nSPS) is 41.3. The van der Waals surface area contributed by atoms with Crippen LogP contribution in [0.15, 0.2) is 12.2 Å². The van der Waals surface area contributed by atoms with E-state index in [1.807, 2.05) is 6.92 Å². The number of aliphatic hydroxyl groups excluding tert-OH is 2. The minimum Gasteiger partial charge on any atom is -0.726 e. The van der Waals surface area contributed by atoms with Crippen molar-refractivity contribution in [2.24, 2.45) is 40.4 Å². The van der Waals surface area contributed by atoms with Gasteiger partial charge in [0.25, 0.3) is 0 Å². The maximum Gasteiger partial charge on any atom is 1.00 e. The van der Waals surface area contributed by atoms with Gasteiger partial charge in [0.1, 0.15) is 18.3 Å². The Balaban J connectivity index is 0.00000338. The van der Waals surface area contributed by atoms with Gasteiger partial charge in [-0.1, -0.05) is 27.4 Å². The molecule has 274 valence electrons. The average Bonchev–Trinajstić information content (AvgIpc) is 3.12. The zero-order valence-corrected chi connectivity index (χ0v) is 36.8. The Labute approximate surface area is 377 Å². The maximum absolute atomic E-state index is 12.9. The minimum absolute atomic E-state index is 0. The Hall–Kier alpha value is 1.53. The Morgan fingerprint density at radius 1 is 1.02 bits per heavy atom. The molecule has 50 heavy (non-hydrogen) atoms. The molecule has 5 fully saturated rings. The van der Waals surface area contributed by atoms with Crippen molar-refractivity contribution in [2.45, 2.75) is 115 Å². The molecule has 0 aromatic carbocycles. The van der Waals surface area contributed by atoms with Crippen LogP contribution in [-0.4, -0.2) is 103 Å². The third kappa shape index (κ3) is 9.55. The molecular weight excluding hydrogens is 759 g/mol. The van der Waals surface area contributed by atoms with Crippen LogP contribution in [0, 0.1) is 40.4 Å². The van der Waals surface area contributed by atoms with Gasteiger partial charge in [-0.05, 0) is 79.6 Å². The van der Waals surface area contributed by atoms with Crippen LogP contribution in [0.2, 0.25) is 0 Å². The third-order valence-corrected chi connectivity index (χ3v) is 12.4. The first-order valence-corrected chi connectivity index (χ1v) is 18.8. The summed E-state index contributed by atoms with van der Waals surface area (Å²) in [6.45, 7) is 8.41. The van der Waals surface area contributed by atoms with Crippen LogP contribution in [-0.2, 0) is 53.0 Å². The quantitative estimate of drug-likeness (QED) is 0.0442. The first-order chi connectivity index (χ1) is 22.2. The smallest absolute Gasteiger partial charge is 0.726 e. The first-order valence-electron chi connectivity index (χ1n) is 16.2. The van der Waals surface area contributed by atoms with Gasteiger partial charge in [0.15, 0.2) is 12.4 Å². The Morgan fingerprint density at radius 3 is 2.20 bits per heavy atom. The monoisotopic (exact) mass is 802 g/mol. The van der Waals surface area contributed by atoms with Crippen LogP contribution in [0.1, 0.15) is 72.1 Å². The summed E-state index contributed by atoms with van der Waals surface area (Å²) in [7, 11) is -11.3. The fraction of sp³-hybridized carbons (Fsp3) is 0.867. The fourth-order valence-corrected chi connectivity index (χ4v) is 10.8. The molecule has 5 aliphatic rings. The summed E-state index contributed by atoms with van der Waals surface area (Å²) >= 11 is 0. The van der Waals surface area contributed by atoms with Crippen molar-refractivity contribution in [3.63, 3.8) is 0 Å². The van der Waals surface area contributed by atoms with Crippen molar-refractivity contribution >= 4 is 32.7 Å². The number of esters is 1. The largest absolute Gasteiger partial charge is 1.00 e. The molecule has 1 unspecified atom stereocenters. The van der Waals surface area contributed by atoms with E-state index in [2.05, 4.69) is 14.9 Å². The zero-order chi connectivity index (χ0) is 35.6. The number of aliphatic hydroxyl groups is 2. The SMILES string of the molecule is C=C1[C@H]2CCC3[C@@](CC[C@@H]4[C@H](C(=O)O)C[C@@H](O[C@H]5O[C@H](CO)[C@@H](OS(=O)(=O)[O-])[C@H](OS(=O)(=O)[O-])[C@H]5OC(=O)CC(C)C)C[C@@]34C)(C2)[C@H]1O.[K+].[K+]. The molecular formula is C30H44K2O16S2. The second-order valence-electron chi connectivity index (χ2n) is 14.8. The summed E-state index contributed by atoms with van der Waals surface area (Å²) in [5.41, 5.74) is -0.359. The van der Waals surface area contributed by atoms with Gasteiger partial charge in [-0.3, -0.25) is 18.0 Å². The van der Waals surface area contributed by atoms with Crippen LogP contribution in [0.25, 0.3) is 0 Å². The first kappa shape index (κ1) is 45.9. The van der Waals surface area contributed by atoms with Crippen LogP contribution in [0.5, 0.6) is 0 Å². The molecule has 20 heteroatoms. The van der Waals surface area contributed by atoms with E-state index in [1.54, 1.807) is 13.8 Å². The predicted molar refractivity (Wildman–Crippen MR) is 159 cm³/mol. The average molecular weight is 803 g/mol.